The first kappa shape index (κ1) is 19.9. The molecule has 3 heterocycles. The van der Waals surface area contributed by atoms with Crippen LogP contribution in [0.25, 0.3) is 0 Å². The lowest BCUT2D eigenvalue weighted by atomic mass is 9.78. The Hall–Kier alpha value is -0.850. The zero-order chi connectivity index (χ0) is 18.6. The van der Waals surface area contributed by atoms with Crippen LogP contribution in [0.3, 0.4) is 0 Å². The van der Waals surface area contributed by atoms with E-state index >= 15 is 0 Å². The Morgan fingerprint density at radius 1 is 1.04 bits per heavy atom. The first-order valence-electron chi connectivity index (χ1n) is 10.3. The van der Waals surface area contributed by atoms with Crippen molar-refractivity contribution in [2.45, 2.75) is 64.8 Å². The molecule has 6 heteroatoms. The van der Waals surface area contributed by atoms with Crippen molar-refractivity contribution in [2.75, 3.05) is 46.5 Å². The van der Waals surface area contributed by atoms with Crippen LogP contribution in [0.2, 0.25) is 0 Å². The van der Waals surface area contributed by atoms with Crippen molar-refractivity contribution in [1.82, 2.24) is 10.2 Å². The van der Waals surface area contributed by atoms with Gasteiger partial charge in [-0.15, -0.1) is 0 Å². The average Bonchev–Trinajstić information content (AvgIpc) is 3.17. The molecule has 3 fully saturated rings. The number of nitrogens with zero attached hydrogens (tertiary/aromatic N) is 2. The van der Waals surface area contributed by atoms with E-state index in [2.05, 4.69) is 36.0 Å². The zero-order valence-corrected chi connectivity index (χ0v) is 17.0. The van der Waals surface area contributed by atoms with E-state index in [1.54, 1.807) is 0 Å². The van der Waals surface area contributed by atoms with Crippen molar-refractivity contribution < 1.29 is 14.2 Å². The maximum atomic E-state index is 6.12. The van der Waals surface area contributed by atoms with Gasteiger partial charge in [0.25, 0.3) is 0 Å². The monoisotopic (exact) mass is 367 g/mol. The summed E-state index contributed by atoms with van der Waals surface area (Å²) in [5, 5.41) is 3.62. The number of guanidine groups is 1. The van der Waals surface area contributed by atoms with Crippen LogP contribution in [-0.4, -0.2) is 75.7 Å². The fraction of sp³-hybridized carbons (Fsp3) is 0.950. The number of hydrogen-bond donors (Lipinski definition) is 1. The van der Waals surface area contributed by atoms with E-state index in [-0.39, 0.29) is 17.6 Å². The summed E-state index contributed by atoms with van der Waals surface area (Å²) in [5.41, 5.74) is 0.167. The molecule has 0 bridgehead atoms. The van der Waals surface area contributed by atoms with Gasteiger partial charge in [0.05, 0.1) is 18.8 Å². The summed E-state index contributed by atoms with van der Waals surface area (Å²) in [7, 11) is 1.87. The SMILES string of the molecule is CN=C(NCC1CCCOC1C(C)(C)C)N1CCOC(C2CCCO2)C1. The van der Waals surface area contributed by atoms with Gasteiger partial charge in [-0.2, -0.15) is 0 Å². The van der Waals surface area contributed by atoms with Crippen molar-refractivity contribution in [3.8, 4) is 0 Å². The first-order chi connectivity index (χ1) is 12.5. The lowest BCUT2D eigenvalue weighted by Gasteiger charge is -2.41. The standard InChI is InChI=1S/C20H37N3O3/c1-20(2,3)18-15(7-5-11-26-18)13-22-19(21-4)23-9-12-25-17(14-23)16-8-6-10-24-16/h15-18H,5-14H2,1-4H3,(H,21,22). The lowest BCUT2D eigenvalue weighted by Crippen LogP contribution is -2.54. The van der Waals surface area contributed by atoms with Gasteiger partial charge in [-0.1, -0.05) is 20.8 Å². The van der Waals surface area contributed by atoms with Gasteiger partial charge in [0.2, 0.25) is 0 Å². The summed E-state index contributed by atoms with van der Waals surface area (Å²) in [6.07, 6.45) is 5.32. The number of hydrogen-bond acceptors (Lipinski definition) is 4. The molecule has 1 N–H and O–H groups in total. The van der Waals surface area contributed by atoms with E-state index in [0.717, 1.165) is 64.7 Å². The van der Waals surface area contributed by atoms with Crippen LogP contribution < -0.4 is 5.32 Å². The van der Waals surface area contributed by atoms with Crippen molar-refractivity contribution >= 4 is 5.96 Å². The summed E-state index contributed by atoms with van der Waals surface area (Å²) < 4.78 is 17.9. The van der Waals surface area contributed by atoms with Gasteiger partial charge in [-0.3, -0.25) is 4.99 Å². The number of aliphatic imine (C=N–C) groups is 1. The first-order valence-corrected chi connectivity index (χ1v) is 10.3. The Balaban J connectivity index is 1.55. The molecule has 26 heavy (non-hydrogen) atoms. The fourth-order valence-electron chi connectivity index (χ4n) is 4.55. The molecule has 0 aromatic rings. The molecule has 0 radical (unpaired) electrons. The lowest BCUT2D eigenvalue weighted by molar-refractivity contribution is -0.0858. The van der Waals surface area contributed by atoms with E-state index in [1.807, 2.05) is 7.05 Å². The smallest absolute Gasteiger partial charge is 0.193 e. The van der Waals surface area contributed by atoms with Crippen molar-refractivity contribution in [3.63, 3.8) is 0 Å². The van der Waals surface area contributed by atoms with Gasteiger partial charge in [-0.05, 0) is 31.1 Å². The summed E-state index contributed by atoms with van der Waals surface area (Å²) in [4.78, 5) is 6.86. The largest absolute Gasteiger partial charge is 0.377 e. The van der Waals surface area contributed by atoms with Crippen LogP contribution in [0.15, 0.2) is 4.99 Å². The predicted octanol–water partition coefficient (Wildman–Crippen LogP) is 2.28. The number of nitrogens with one attached hydrogen (secondary N) is 1. The van der Waals surface area contributed by atoms with E-state index in [9.17, 15) is 0 Å². The third-order valence-electron chi connectivity index (χ3n) is 5.81. The predicted molar refractivity (Wildman–Crippen MR) is 104 cm³/mol. The highest BCUT2D eigenvalue weighted by molar-refractivity contribution is 5.80. The van der Waals surface area contributed by atoms with Gasteiger partial charge >= 0.3 is 0 Å². The molecule has 0 aromatic heterocycles. The molecule has 4 atom stereocenters. The molecule has 0 amide bonds. The summed E-state index contributed by atoms with van der Waals surface area (Å²) in [5.74, 6) is 1.50. The topological polar surface area (TPSA) is 55.3 Å². The van der Waals surface area contributed by atoms with E-state index < -0.39 is 0 Å². The maximum absolute atomic E-state index is 6.12. The molecule has 6 nitrogen and oxygen atoms in total. The summed E-state index contributed by atoms with van der Waals surface area (Å²) >= 11 is 0. The summed E-state index contributed by atoms with van der Waals surface area (Å²) in [6.45, 7) is 12.0. The molecule has 3 aliphatic heterocycles. The third-order valence-corrected chi connectivity index (χ3v) is 5.81. The van der Waals surface area contributed by atoms with Crippen molar-refractivity contribution in [1.29, 1.82) is 0 Å². The molecule has 0 saturated carbocycles. The molecular weight excluding hydrogens is 330 g/mol. The molecule has 0 spiro atoms. The van der Waals surface area contributed by atoms with Crippen LogP contribution >= 0.6 is 0 Å². The zero-order valence-electron chi connectivity index (χ0n) is 17.0. The van der Waals surface area contributed by atoms with Gasteiger partial charge in [-0.25, -0.2) is 0 Å². The Morgan fingerprint density at radius 2 is 1.77 bits per heavy atom. The van der Waals surface area contributed by atoms with Crippen LogP contribution in [-0.2, 0) is 14.2 Å². The minimum Gasteiger partial charge on any atom is -0.377 e. The Labute approximate surface area is 158 Å². The summed E-state index contributed by atoms with van der Waals surface area (Å²) in [6, 6.07) is 0. The van der Waals surface area contributed by atoms with Crippen LogP contribution in [0.5, 0.6) is 0 Å². The second kappa shape index (κ2) is 8.89. The Morgan fingerprint density at radius 3 is 2.46 bits per heavy atom. The van der Waals surface area contributed by atoms with Crippen LogP contribution in [0, 0.1) is 11.3 Å². The highest BCUT2D eigenvalue weighted by Crippen LogP contribution is 2.33. The van der Waals surface area contributed by atoms with Crippen LogP contribution in [0.4, 0.5) is 0 Å². The van der Waals surface area contributed by atoms with Crippen molar-refractivity contribution in [3.05, 3.63) is 0 Å². The normalized spacial score (nSPS) is 34.2. The van der Waals surface area contributed by atoms with Gasteiger partial charge in [0.15, 0.2) is 5.96 Å². The average molecular weight is 368 g/mol. The molecule has 0 aliphatic carbocycles. The van der Waals surface area contributed by atoms with Gasteiger partial charge in [0, 0.05) is 45.8 Å². The molecule has 4 unspecified atom stereocenters. The maximum Gasteiger partial charge on any atom is 0.193 e. The van der Waals surface area contributed by atoms with E-state index in [0.29, 0.717) is 12.0 Å². The molecule has 3 rings (SSSR count). The van der Waals surface area contributed by atoms with E-state index in [4.69, 9.17) is 14.2 Å². The second-order valence-corrected chi connectivity index (χ2v) is 8.89. The van der Waals surface area contributed by atoms with Gasteiger partial charge < -0.3 is 24.4 Å². The number of morpholine rings is 1. The minimum absolute atomic E-state index is 0.158. The Bertz CT molecular complexity index is 471. The minimum atomic E-state index is 0.158. The van der Waals surface area contributed by atoms with Crippen molar-refractivity contribution in [2.24, 2.45) is 16.3 Å². The molecule has 150 valence electrons. The van der Waals surface area contributed by atoms with Gasteiger partial charge in [0.1, 0.15) is 6.10 Å². The molecule has 3 aliphatic rings. The number of rotatable bonds is 3. The highest BCUT2D eigenvalue weighted by atomic mass is 16.5. The second-order valence-electron chi connectivity index (χ2n) is 8.89. The number of ether oxygens (including phenoxy) is 3. The quantitative estimate of drug-likeness (QED) is 0.613. The molecule has 0 aromatic carbocycles. The Kier molecular flexibility index (Phi) is 6.81. The van der Waals surface area contributed by atoms with E-state index in [1.165, 1.54) is 6.42 Å². The molecular formula is C20H37N3O3. The third kappa shape index (κ3) is 4.90. The molecule has 3 saturated heterocycles. The fourth-order valence-corrected chi connectivity index (χ4v) is 4.55. The van der Waals surface area contributed by atoms with Crippen LogP contribution in [0.1, 0.15) is 46.5 Å². The highest BCUT2D eigenvalue weighted by Gasteiger charge is 2.36.